The molecular weight excluding hydrogens is 228 g/mol. The molecule has 0 aromatic heterocycles. The zero-order valence-corrected chi connectivity index (χ0v) is 11.2. The standard InChI is InChI=1S/C14H24N2O2/c1-16(8-12(17)10-2-3-10)13(18)15-9-14(6-7-14)11-4-5-11/h10-12,17H,2-9H2,1H3,(H,15,18). The lowest BCUT2D eigenvalue weighted by atomic mass is 10.0. The van der Waals surface area contributed by atoms with Crippen LogP contribution in [0.4, 0.5) is 4.79 Å². The van der Waals surface area contributed by atoms with Gasteiger partial charge in [-0.2, -0.15) is 0 Å². The van der Waals surface area contributed by atoms with Crippen LogP contribution < -0.4 is 5.32 Å². The Bertz CT molecular complexity index is 333. The summed E-state index contributed by atoms with van der Waals surface area (Å²) in [5.74, 6) is 1.31. The second-order valence-electron chi connectivity index (χ2n) is 6.58. The largest absolute Gasteiger partial charge is 0.391 e. The molecule has 0 bridgehead atoms. The van der Waals surface area contributed by atoms with Crippen molar-refractivity contribution >= 4 is 6.03 Å². The fourth-order valence-corrected chi connectivity index (χ4v) is 2.97. The van der Waals surface area contributed by atoms with Gasteiger partial charge in [-0.3, -0.25) is 0 Å². The van der Waals surface area contributed by atoms with E-state index in [0.29, 0.717) is 17.9 Å². The van der Waals surface area contributed by atoms with Gasteiger partial charge in [0.1, 0.15) is 0 Å². The molecule has 102 valence electrons. The van der Waals surface area contributed by atoms with Gasteiger partial charge in [-0.25, -0.2) is 4.79 Å². The Morgan fingerprint density at radius 2 is 2.06 bits per heavy atom. The van der Waals surface area contributed by atoms with Gasteiger partial charge in [-0.1, -0.05) is 0 Å². The van der Waals surface area contributed by atoms with Crippen molar-refractivity contribution in [3.8, 4) is 0 Å². The van der Waals surface area contributed by atoms with Crippen molar-refractivity contribution in [2.45, 2.75) is 44.6 Å². The Labute approximate surface area is 109 Å². The summed E-state index contributed by atoms with van der Waals surface area (Å²) in [5.41, 5.74) is 0.450. The van der Waals surface area contributed by atoms with Gasteiger partial charge >= 0.3 is 6.03 Å². The number of nitrogens with one attached hydrogen (secondary N) is 1. The van der Waals surface area contributed by atoms with Gasteiger partial charge < -0.3 is 15.3 Å². The van der Waals surface area contributed by atoms with Crippen molar-refractivity contribution < 1.29 is 9.90 Å². The van der Waals surface area contributed by atoms with Gasteiger partial charge in [0.15, 0.2) is 0 Å². The number of likely N-dealkylation sites (N-methyl/N-ethyl adjacent to an activating group) is 1. The van der Waals surface area contributed by atoms with Crippen LogP contribution in [0.25, 0.3) is 0 Å². The monoisotopic (exact) mass is 252 g/mol. The number of rotatable bonds is 6. The normalized spacial score (nSPS) is 26.6. The molecule has 4 heteroatoms. The van der Waals surface area contributed by atoms with E-state index in [4.69, 9.17) is 0 Å². The molecule has 0 radical (unpaired) electrons. The number of hydrogen-bond acceptors (Lipinski definition) is 2. The Kier molecular flexibility index (Phi) is 3.00. The van der Waals surface area contributed by atoms with Crippen LogP contribution in [0.5, 0.6) is 0 Å². The zero-order chi connectivity index (χ0) is 12.8. The van der Waals surface area contributed by atoms with Crippen LogP contribution in [0.1, 0.15) is 38.5 Å². The van der Waals surface area contributed by atoms with E-state index in [2.05, 4.69) is 5.32 Å². The number of carbonyl (C=O) groups is 1. The highest BCUT2D eigenvalue weighted by atomic mass is 16.3. The van der Waals surface area contributed by atoms with Crippen LogP contribution in [0.15, 0.2) is 0 Å². The van der Waals surface area contributed by atoms with E-state index in [0.717, 1.165) is 25.3 Å². The first-order valence-corrected chi connectivity index (χ1v) is 7.28. The molecule has 1 atom stereocenters. The fraction of sp³-hybridized carbons (Fsp3) is 0.929. The van der Waals surface area contributed by atoms with Gasteiger partial charge in [-0.05, 0) is 55.8 Å². The van der Waals surface area contributed by atoms with Crippen LogP contribution in [-0.2, 0) is 0 Å². The number of hydrogen-bond donors (Lipinski definition) is 2. The van der Waals surface area contributed by atoms with Crippen LogP contribution in [0.3, 0.4) is 0 Å². The topological polar surface area (TPSA) is 52.6 Å². The zero-order valence-electron chi connectivity index (χ0n) is 11.2. The molecule has 0 aromatic carbocycles. The molecule has 0 heterocycles. The van der Waals surface area contributed by atoms with E-state index >= 15 is 0 Å². The molecular formula is C14H24N2O2. The number of urea groups is 1. The highest BCUT2D eigenvalue weighted by molar-refractivity contribution is 5.74. The number of carbonyl (C=O) groups excluding carboxylic acids is 1. The average molecular weight is 252 g/mol. The molecule has 3 fully saturated rings. The van der Waals surface area contributed by atoms with Crippen molar-refractivity contribution in [1.29, 1.82) is 0 Å². The number of amides is 2. The van der Waals surface area contributed by atoms with Crippen LogP contribution in [0, 0.1) is 17.3 Å². The minimum Gasteiger partial charge on any atom is -0.391 e. The molecule has 2 N–H and O–H groups in total. The summed E-state index contributed by atoms with van der Waals surface area (Å²) in [4.78, 5) is 13.6. The smallest absolute Gasteiger partial charge is 0.317 e. The van der Waals surface area contributed by atoms with Gasteiger partial charge in [0.05, 0.1) is 6.10 Å². The average Bonchev–Trinajstić information content (AvgIpc) is 3.17. The highest BCUT2D eigenvalue weighted by Gasteiger charge is 2.53. The Balaban J connectivity index is 1.40. The highest BCUT2D eigenvalue weighted by Crippen LogP contribution is 2.60. The van der Waals surface area contributed by atoms with E-state index in [1.54, 1.807) is 11.9 Å². The second-order valence-corrected chi connectivity index (χ2v) is 6.58. The summed E-state index contributed by atoms with van der Waals surface area (Å²) in [6.45, 7) is 1.30. The molecule has 3 aliphatic carbocycles. The summed E-state index contributed by atoms with van der Waals surface area (Å²) in [7, 11) is 1.78. The molecule has 3 rings (SSSR count). The van der Waals surface area contributed by atoms with E-state index < -0.39 is 0 Å². The molecule has 0 saturated heterocycles. The molecule has 3 saturated carbocycles. The van der Waals surface area contributed by atoms with Crippen LogP contribution >= 0.6 is 0 Å². The van der Waals surface area contributed by atoms with Gasteiger partial charge in [-0.15, -0.1) is 0 Å². The third kappa shape index (κ3) is 2.63. The second kappa shape index (κ2) is 4.41. The minimum atomic E-state index is -0.334. The van der Waals surface area contributed by atoms with Crippen molar-refractivity contribution in [2.24, 2.45) is 17.3 Å². The number of aliphatic hydroxyl groups excluding tert-OH is 1. The predicted octanol–water partition coefficient (Wildman–Crippen LogP) is 1.59. The van der Waals surface area contributed by atoms with Crippen LogP contribution in [0.2, 0.25) is 0 Å². The molecule has 0 aliphatic heterocycles. The van der Waals surface area contributed by atoms with E-state index in [1.165, 1.54) is 25.7 Å². The lowest BCUT2D eigenvalue weighted by molar-refractivity contribution is 0.113. The molecule has 4 nitrogen and oxygen atoms in total. The van der Waals surface area contributed by atoms with E-state index in [9.17, 15) is 9.90 Å². The lowest BCUT2D eigenvalue weighted by Gasteiger charge is -2.23. The Morgan fingerprint density at radius 3 is 2.56 bits per heavy atom. The van der Waals surface area contributed by atoms with Crippen molar-refractivity contribution in [3.63, 3.8) is 0 Å². The first kappa shape index (κ1) is 12.3. The third-order valence-electron chi connectivity index (χ3n) is 4.90. The lowest BCUT2D eigenvalue weighted by Crippen LogP contribution is -2.43. The summed E-state index contributed by atoms with van der Waals surface area (Å²) in [6.07, 6.45) is 7.17. The van der Waals surface area contributed by atoms with E-state index in [-0.39, 0.29) is 12.1 Å². The van der Waals surface area contributed by atoms with Crippen molar-refractivity contribution in [3.05, 3.63) is 0 Å². The molecule has 18 heavy (non-hydrogen) atoms. The molecule has 2 amide bonds. The first-order valence-electron chi connectivity index (χ1n) is 7.28. The molecule has 3 aliphatic rings. The maximum Gasteiger partial charge on any atom is 0.317 e. The van der Waals surface area contributed by atoms with Crippen molar-refractivity contribution in [1.82, 2.24) is 10.2 Å². The quantitative estimate of drug-likeness (QED) is 0.754. The Morgan fingerprint density at radius 1 is 1.39 bits per heavy atom. The van der Waals surface area contributed by atoms with Crippen LogP contribution in [-0.4, -0.2) is 42.3 Å². The third-order valence-corrected chi connectivity index (χ3v) is 4.90. The minimum absolute atomic E-state index is 0.0263. The maximum atomic E-state index is 11.9. The molecule has 1 unspecified atom stereocenters. The fourth-order valence-electron chi connectivity index (χ4n) is 2.97. The first-order chi connectivity index (χ1) is 8.61. The summed E-state index contributed by atoms with van der Waals surface area (Å²) < 4.78 is 0. The SMILES string of the molecule is CN(CC(O)C1CC1)C(=O)NCC1(C2CC2)CC1. The summed E-state index contributed by atoms with van der Waals surface area (Å²) in [6, 6.07) is -0.0263. The summed E-state index contributed by atoms with van der Waals surface area (Å²) in [5, 5.41) is 12.9. The van der Waals surface area contributed by atoms with E-state index in [1.807, 2.05) is 0 Å². The number of nitrogens with zero attached hydrogens (tertiary/aromatic N) is 1. The number of aliphatic hydroxyl groups is 1. The Hall–Kier alpha value is -0.770. The van der Waals surface area contributed by atoms with Gasteiger partial charge in [0.2, 0.25) is 0 Å². The van der Waals surface area contributed by atoms with Gasteiger partial charge in [0, 0.05) is 20.1 Å². The summed E-state index contributed by atoms with van der Waals surface area (Å²) >= 11 is 0. The van der Waals surface area contributed by atoms with Crippen molar-refractivity contribution in [2.75, 3.05) is 20.1 Å². The molecule has 0 spiro atoms. The maximum absolute atomic E-state index is 11.9. The van der Waals surface area contributed by atoms with Gasteiger partial charge in [0.25, 0.3) is 0 Å². The predicted molar refractivity (Wildman–Crippen MR) is 69.2 cm³/mol. The molecule has 0 aromatic rings.